The van der Waals surface area contributed by atoms with E-state index < -0.39 is 0 Å². The molecule has 3 heterocycles. The summed E-state index contributed by atoms with van der Waals surface area (Å²) in [5.74, 6) is 1.10. The van der Waals surface area contributed by atoms with E-state index in [-0.39, 0.29) is 6.09 Å². The van der Waals surface area contributed by atoms with Crippen molar-refractivity contribution in [3.63, 3.8) is 0 Å². The summed E-state index contributed by atoms with van der Waals surface area (Å²) < 4.78 is 5.07. The van der Waals surface area contributed by atoms with E-state index in [2.05, 4.69) is 25.3 Å². The molecule has 2 aromatic heterocycles. The van der Waals surface area contributed by atoms with Crippen molar-refractivity contribution in [1.82, 2.24) is 24.8 Å². The van der Waals surface area contributed by atoms with Gasteiger partial charge in [-0.3, -0.25) is 0 Å². The largest absolute Gasteiger partial charge is 0.450 e. The second-order valence-corrected chi connectivity index (χ2v) is 6.84. The molecule has 0 saturated carbocycles. The van der Waals surface area contributed by atoms with E-state index in [0.717, 1.165) is 5.69 Å². The van der Waals surface area contributed by atoms with Crippen LogP contribution in [0.1, 0.15) is 6.92 Å². The number of fused-ring (bicyclic) bond motifs is 1. The van der Waals surface area contributed by atoms with E-state index in [1.54, 1.807) is 36.4 Å². The van der Waals surface area contributed by atoms with E-state index in [1.807, 2.05) is 17.0 Å². The van der Waals surface area contributed by atoms with Crippen LogP contribution >= 0.6 is 11.6 Å². The average Bonchev–Trinajstić information content (AvgIpc) is 2.75. The molecule has 0 radical (unpaired) electrons. The molecule has 1 fully saturated rings. The molecule has 0 atom stereocenters. The van der Waals surface area contributed by atoms with Crippen molar-refractivity contribution < 1.29 is 9.53 Å². The van der Waals surface area contributed by atoms with Crippen LogP contribution in [-0.4, -0.2) is 63.7 Å². The maximum absolute atomic E-state index is 11.9. The molecule has 0 spiro atoms. The predicted octanol–water partition coefficient (Wildman–Crippen LogP) is 3.10. The number of halogens is 1. The summed E-state index contributed by atoms with van der Waals surface area (Å²) in [4.78, 5) is 33.6. The molecule has 10 heteroatoms. The van der Waals surface area contributed by atoms with Gasteiger partial charge in [0.05, 0.1) is 6.61 Å². The number of piperazine rings is 1. The number of anilines is 3. The highest BCUT2D eigenvalue weighted by molar-refractivity contribution is 6.30. The molecule has 0 bridgehead atoms. The highest BCUT2D eigenvalue weighted by Crippen LogP contribution is 2.25. The molecule has 1 aliphatic rings. The quantitative estimate of drug-likeness (QED) is 0.697. The number of hydrogen-bond donors (Lipinski definition) is 1. The fourth-order valence-electron chi connectivity index (χ4n) is 3.05. The second-order valence-electron chi connectivity index (χ2n) is 6.41. The van der Waals surface area contributed by atoms with Crippen LogP contribution in [0.25, 0.3) is 11.2 Å². The minimum atomic E-state index is -0.289. The number of hydrogen-bond acceptors (Lipinski definition) is 8. The maximum atomic E-state index is 11.9. The number of carbonyl (C=O) groups is 1. The zero-order chi connectivity index (χ0) is 20.2. The number of nitrogens with zero attached hydrogens (tertiary/aromatic N) is 6. The van der Waals surface area contributed by atoms with Crippen LogP contribution < -0.4 is 10.2 Å². The normalized spacial score (nSPS) is 14.1. The topological polar surface area (TPSA) is 96.4 Å². The highest BCUT2D eigenvalue weighted by Gasteiger charge is 2.24. The van der Waals surface area contributed by atoms with Crippen LogP contribution in [0.4, 0.5) is 22.2 Å². The Hall–Kier alpha value is -3.20. The third-order valence-electron chi connectivity index (χ3n) is 4.52. The van der Waals surface area contributed by atoms with Gasteiger partial charge in [-0.1, -0.05) is 11.6 Å². The first-order valence-electron chi connectivity index (χ1n) is 9.32. The molecule has 4 rings (SSSR count). The number of aromatic nitrogens is 4. The van der Waals surface area contributed by atoms with Crippen LogP contribution in [0.2, 0.25) is 5.02 Å². The lowest BCUT2D eigenvalue weighted by Crippen LogP contribution is -2.49. The summed E-state index contributed by atoms with van der Waals surface area (Å²) in [5.41, 5.74) is 1.91. The lowest BCUT2D eigenvalue weighted by Gasteiger charge is -2.34. The zero-order valence-corrected chi connectivity index (χ0v) is 16.6. The molecule has 1 N–H and O–H groups in total. The van der Waals surface area contributed by atoms with Gasteiger partial charge in [-0.25, -0.2) is 14.8 Å². The van der Waals surface area contributed by atoms with Crippen molar-refractivity contribution in [3.8, 4) is 0 Å². The molecule has 1 amide bonds. The van der Waals surface area contributed by atoms with Crippen LogP contribution in [0, 0.1) is 0 Å². The molecule has 0 aliphatic carbocycles. The van der Waals surface area contributed by atoms with Gasteiger partial charge in [0.25, 0.3) is 0 Å². The fraction of sp³-hybridized carbons (Fsp3) is 0.316. The summed E-state index contributed by atoms with van der Waals surface area (Å²) in [6.07, 6.45) is 2.92. The summed E-state index contributed by atoms with van der Waals surface area (Å²) in [7, 11) is 0. The van der Waals surface area contributed by atoms with Crippen molar-refractivity contribution in [3.05, 3.63) is 41.7 Å². The number of benzene rings is 1. The van der Waals surface area contributed by atoms with E-state index >= 15 is 0 Å². The Kier molecular flexibility index (Phi) is 5.57. The minimum absolute atomic E-state index is 0.289. The Morgan fingerprint density at radius 1 is 1.10 bits per heavy atom. The Bertz CT molecular complexity index is 1010. The van der Waals surface area contributed by atoms with Gasteiger partial charge in [0.1, 0.15) is 0 Å². The number of ether oxygens (including phenoxy) is 1. The van der Waals surface area contributed by atoms with Gasteiger partial charge >= 0.3 is 6.09 Å². The van der Waals surface area contributed by atoms with Gasteiger partial charge in [-0.05, 0) is 31.2 Å². The molecular weight excluding hydrogens is 394 g/mol. The predicted molar refractivity (Wildman–Crippen MR) is 111 cm³/mol. The molecule has 29 heavy (non-hydrogen) atoms. The van der Waals surface area contributed by atoms with Gasteiger partial charge in [0.2, 0.25) is 5.95 Å². The summed E-state index contributed by atoms with van der Waals surface area (Å²) in [5, 5.41) is 3.93. The van der Waals surface area contributed by atoms with Crippen molar-refractivity contribution in [2.45, 2.75) is 6.92 Å². The summed E-state index contributed by atoms with van der Waals surface area (Å²) in [6.45, 7) is 4.45. The number of carbonyl (C=O) groups excluding carboxylic acids is 1. The minimum Gasteiger partial charge on any atom is -0.450 e. The molecule has 3 aromatic rings. The smallest absolute Gasteiger partial charge is 0.409 e. The van der Waals surface area contributed by atoms with E-state index in [0.29, 0.717) is 60.7 Å². The second kappa shape index (κ2) is 8.44. The molecule has 1 aliphatic heterocycles. The molecule has 0 unspecified atom stereocenters. The maximum Gasteiger partial charge on any atom is 0.409 e. The SMILES string of the molecule is CCOC(=O)N1CCN(c2nc(Nc3ccc(Cl)cc3)c3nccnc3n2)CC1. The van der Waals surface area contributed by atoms with Gasteiger partial charge in [-0.2, -0.15) is 9.97 Å². The standard InChI is InChI=1S/C19H20ClN7O2/c1-2-29-19(28)27-11-9-26(10-12-27)18-24-16-15(21-7-8-22-16)17(25-18)23-14-5-3-13(20)4-6-14/h3-8H,2,9-12H2,1H3,(H,22,23,24,25). The van der Waals surface area contributed by atoms with E-state index in [9.17, 15) is 4.79 Å². The lowest BCUT2D eigenvalue weighted by molar-refractivity contribution is 0.105. The third kappa shape index (κ3) is 4.29. The van der Waals surface area contributed by atoms with Crippen molar-refractivity contribution in [2.75, 3.05) is 43.0 Å². The first kappa shape index (κ1) is 19.1. The number of nitrogens with one attached hydrogen (secondary N) is 1. The van der Waals surface area contributed by atoms with Crippen molar-refractivity contribution in [1.29, 1.82) is 0 Å². The Labute approximate surface area is 172 Å². The summed E-state index contributed by atoms with van der Waals surface area (Å²) in [6, 6.07) is 7.33. The van der Waals surface area contributed by atoms with Crippen LogP contribution in [0.15, 0.2) is 36.7 Å². The molecule has 150 valence electrons. The molecule has 1 saturated heterocycles. The fourth-order valence-corrected chi connectivity index (χ4v) is 3.18. The number of amides is 1. The monoisotopic (exact) mass is 413 g/mol. The molecule has 9 nitrogen and oxygen atoms in total. The van der Waals surface area contributed by atoms with Gasteiger partial charge in [0, 0.05) is 49.3 Å². The van der Waals surface area contributed by atoms with Crippen LogP contribution in [-0.2, 0) is 4.74 Å². The van der Waals surface area contributed by atoms with Crippen molar-refractivity contribution >= 4 is 46.3 Å². The van der Waals surface area contributed by atoms with Gasteiger partial charge in [0.15, 0.2) is 17.0 Å². The molecular formula is C19H20ClN7O2. The van der Waals surface area contributed by atoms with Gasteiger partial charge < -0.3 is 19.9 Å². The molecule has 1 aromatic carbocycles. The average molecular weight is 414 g/mol. The first-order valence-corrected chi connectivity index (χ1v) is 9.70. The highest BCUT2D eigenvalue weighted by atomic mass is 35.5. The number of rotatable bonds is 4. The van der Waals surface area contributed by atoms with Crippen molar-refractivity contribution in [2.24, 2.45) is 0 Å². The van der Waals surface area contributed by atoms with Crippen LogP contribution in [0.3, 0.4) is 0 Å². The first-order chi connectivity index (χ1) is 14.1. The Balaban J connectivity index is 1.59. The lowest BCUT2D eigenvalue weighted by atomic mass is 10.3. The summed E-state index contributed by atoms with van der Waals surface area (Å²) >= 11 is 5.97. The Morgan fingerprint density at radius 2 is 1.83 bits per heavy atom. The van der Waals surface area contributed by atoms with E-state index in [1.165, 1.54) is 0 Å². The van der Waals surface area contributed by atoms with Gasteiger partial charge in [-0.15, -0.1) is 0 Å². The Morgan fingerprint density at radius 3 is 2.55 bits per heavy atom. The zero-order valence-electron chi connectivity index (χ0n) is 15.9. The van der Waals surface area contributed by atoms with E-state index in [4.69, 9.17) is 16.3 Å². The van der Waals surface area contributed by atoms with Crippen LogP contribution in [0.5, 0.6) is 0 Å². The third-order valence-corrected chi connectivity index (χ3v) is 4.77.